The minimum Gasteiger partial charge on any atom is -0.370 e. The number of nitrogens with two attached hydrogens (primary N) is 1. The van der Waals surface area contributed by atoms with Crippen LogP contribution in [-0.2, 0) is 4.74 Å². The summed E-state index contributed by atoms with van der Waals surface area (Å²) in [4.78, 5) is 2.40. The minimum atomic E-state index is -0.687. The molecule has 1 aliphatic heterocycles. The molecule has 2 N–H and O–H groups in total. The Balaban J connectivity index is 2.35. The van der Waals surface area contributed by atoms with Crippen LogP contribution in [0, 0.1) is 11.3 Å². The van der Waals surface area contributed by atoms with Gasteiger partial charge >= 0.3 is 0 Å². The van der Waals surface area contributed by atoms with E-state index in [9.17, 15) is 0 Å². The third-order valence-corrected chi connectivity index (χ3v) is 3.07. The number of hydrogen-bond donors (Lipinski definition) is 1. The van der Waals surface area contributed by atoms with Crippen molar-refractivity contribution >= 4 is 0 Å². The van der Waals surface area contributed by atoms with E-state index in [1.165, 1.54) is 0 Å². The van der Waals surface area contributed by atoms with Crippen LogP contribution in [0.5, 0.6) is 0 Å². The highest BCUT2D eigenvalue weighted by molar-refractivity contribution is 5.00. The van der Waals surface area contributed by atoms with Gasteiger partial charge in [0.1, 0.15) is 5.54 Å². The van der Waals surface area contributed by atoms with Gasteiger partial charge in [0.15, 0.2) is 0 Å². The highest BCUT2D eigenvalue weighted by atomic mass is 16.5. The van der Waals surface area contributed by atoms with Gasteiger partial charge in [0.2, 0.25) is 0 Å². The predicted molar refractivity (Wildman–Crippen MR) is 68.5 cm³/mol. The van der Waals surface area contributed by atoms with Crippen molar-refractivity contribution in [3.63, 3.8) is 0 Å². The Morgan fingerprint density at radius 2 is 2.24 bits per heavy atom. The van der Waals surface area contributed by atoms with Crippen molar-refractivity contribution in [1.82, 2.24) is 4.90 Å². The molecular formula is C13H25N3O. The third-order valence-electron chi connectivity index (χ3n) is 3.07. The van der Waals surface area contributed by atoms with Gasteiger partial charge in [-0.3, -0.25) is 4.90 Å². The Bertz CT molecular complexity index is 294. The topological polar surface area (TPSA) is 62.3 Å². The Kier molecular flexibility index (Phi) is 4.54. The molecule has 1 saturated heterocycles. The molecule has 2 atom stereocenters. The van der Waals surface area contributed by atoms with Crippen molar-refractivity contribution in [2.24, 2.45) is 5.73 Å². The van der Waals surface area contributed by atoms with Crippen molar-refractivity contribution in [3.05, 3.63) is 0 Å². The summed E-state index contributed by atoms with van der Waals surface area (Å²) < 4.78 is 5.85. The first-order valence-corrected chi connectivity index (χ1v) is 6.34. The molecule has 0 aromatic rings. The molecule has 4 heteroatoms. The molecular weight excluding hydrogens is 214 g/mol. The fourth-order valence-electron chi connectivity index (χ4n) is 2.48. The first kappa shape index (κ1) is 14.4. The molecule has 0 saturated carbocycles. The molecule has 0 radical (unpaired) electrons. The molecule has 1 heterocycles. The standard InChI is InChI=1S/C13H25N3O/c1-11-8-16(10-12(2,3)17-11)7-5-6-13(4,15)9-14/h11H,5-8,10,15H2,1-4H3. The maximum atomic E-state index is 8.85. The lowest BCUT2D eigenvalue weighted by Gasteiger charge is -2.42. The number of rotatable bonds is 4. The highest BCUT2D eigenvalue weighted by Crippen LogP contribution is 2.21. The summed E-state index contributed by atoms with van der Waals surface area (Å²) in [5.74, 6) is 0. The molecule has 4 nitrogen and oxygen atoms in total. The van der Waals surface area contributed by atoms with E-state index in [0.717, 1.165) is 32.5 Å². The zero-order chi connectivity index (χ0) is 13.1. The van der Waals surface area contributed by atoms with Crippen molar-refractivity contribution in [2.75, 3.05) is 19.6 Å². The van der Waals surface area contributed by atoms with Crippen LogP contribution in [0.15, 0.2) is 0 Å². The van der Waals surface area contributed by atoms with E-state index in [1.54, 1.807) is 6.92 Å². The van der Waals surface area contributed by atoms with Crippen molar-refractivity contribution in [1.29, 1.82) is 5.26 Å². The Hall–Kier alpha value is -0.630. The van der Waals surface area contributed by atoms with Gasteiger partial charge in [-0.2, -0.15) is 5.26 Å². The molecule has 98 valence electrons. The predicted octanol–water partition coefficient (Wildman–Crippen LogP) is 1.51. The Morgan fingerprint density at radius 1 is 1.59 bits per heavy atom. The van der Waals surface area contributed by atoms with E-state index in [1.807, 2.05) is 0 Å². The first-order valence-electron chi connectivity index (χ1n) is 6.34. The summed E-state index contributed by atoms with van der Waals surface area (Å²) in [6, 6.07) is 2.14. The zero-order valence-corrected chi connectivity index (χ0v) is 11.5. The quantitative estimate of drug-likeness (QED) is 0.807. The van der Waals surface area contributed by atoms with E-state index in [-0.39, 0.29) is 11.7 Å². The molecule has 0 aromatic carbocycles. The maximum absolute atomic E-state index is 8.85. The number of ether oxygens (including phenoxy) is 1. The second-order valence-corrected chi connectivity index (χ2v) is 6.06. The van der Waals surface area contributed by atoms with Crippen LogP contribution in [0.1, 0.15) is 40.5 Å². The molecule has 0 amide bonds. The summed E-state index contributed by atoms with van der Waals surface area (Å²) in [5.41, 5.74) is 5.05. The number of nitrogens with zero attached hydrogens (tertiary/aromatic N) is 2. The van der Waals surface area contributed by atoms with Gasteiger partial charge < -0.3 is 10.5 Å². The van der Waals surface area contributed by atoms with Crippen LogP contribution in [0.4, 0.5) is 0 Å². The van der Waals surface area contributed by atoms with E-state index < -0.39 is 5.54 Å². The number of nitriles is 1. The van der Waals surface area contributed by atoms with E-state index in [2.05, 4.69) is 31.7 Å². The number of hydrogen-bond acceptors (Lipinski definition) is 4. The summed E-state index contributed by atoms with van der Waals surface area (Å²) >= 11 is 0. The summed E-state index contributed by atoms with van der Waals surface area (Å²) in [6.45, 7) is 11.1. The van der Waals surface area contributed by atoms with Crippen molar-refractivity contribution in [3.8, 4) is 6.07 Å². The zero-order valence-electron chi connectivity index (χ0n) is 11.5. The second kappa shape index (κ2) is 5.34. The van der Waals surface area contributed by atoms with Gasteiger partial charge in [-0.05, 0) is 47.1 Å². The lowest BCUT2D eigenvalue weighted by atomic mass is 9.98. The SMILES string of the molecule is CC1CN(CCCC(C)(N)C#N)CC(C)(C)O1. The smallest absolute Gasteiger partial charge is 0.101 e. The van der Waals surface area contributed by atoms with Crippen LogP contribution in [-0.4, -0.2) is 41.8 Å². The summed E-state index contributed by atoms with van der Waals surface area (Å²) in [5, 5.41) is 8.85. The molecule has 1 fully saturated rings. The van der Waals surface area contributed by atoms with E-state index in [4.69, 9.17) is 15.7 Å². The molecule has 0 aromatic heterocycles. The number of morpholine rings is 1. The molecule has 0 bridgehead atoms. The van der Waals surface area contributed by atoms with Crippen LogP contribution < -0.4 is 5.73 Å². The molecule has 0 aliphatic carbocycles. The molecule has 0 spiro atoms. The normalized spacial score (nSPS) is 28.4. The van der Waals surface area contributed by atoms with Gasteiger partial charge in [-0.1, -0.05) is 0 Å². The van der Waals surface area contributed by atoms with Gasteiger partial charge in [0.25, 0.3) is 0 Å². The fraction of sp³-hybridized carbons (Fsp3) is 0.923. The Labute approximate surface area is 105 Å². The first-order chi connectivity index (χ1) is 7.74. The van der Waals surface area contributed by atoms with Crippen LogP contribution in [0.2, 0.25) is 0 Å². The molecule has 1 aliphatic rings. The van der Waals surface area contributed by atoms with Crippen molar-refractivity contribution in [2.45, 2.75) is 57.8 Å². The minimum absolute atomic E-state index is 0.0705. The van der Waals surface area contributed by atoms with Gasteiger partial charge in [0, 0.05) is 13.1 Å². The Morgan fingerprint density at radius 3 is 2.76 bits per heavy atom. The van der Waals surface area contributed by atoms with Crippen molar-refractivity contribution < 1.29 is 4.74 Å². The van der Waals surface area contributed by atoms with E-state index >= 15 is 0 Å². The highest BCUT2D eigenvalue weighted by Gasteiger charge is 2.31. The summed E-state index contributed by atoms with van der Waals surface area (Å²) in [7, 11) is 0. The average molecular weight is 239 g/mol. The van der Waals surface area contributed by atoms with E-state index in [0.29, 0.717) is 0 Å². The molecule has 17 heavy (non-hydrogen) atoms. The fourth-order valence-corrected chi connectivity index (χ4v) is 2.48. The van der Waals surface area contributed by atoms with Gasteiger partial charge in [-0.15, -0.1) is 0 Å². The largest absolute Gasteiger partial charge is 0.370 e. The van der Waals surface area contributed by atoms with Gasteiger partial charge in [0.05, 0.1) is 17.8 Å². The monoisotopic (exact) mass is 239 g/mol. The lowest BCUT2D eigenvalue weighted by Crippen LogP contribution is -2.52. The summed E-state index contributed by atoms with van der Waals surface area (Å²) in [6.07, 6.45) is 1.98. The maximum Gasteiger partial charge on any atom is 0.101 e. The van der Waals surface area contributed by atoms with Crippen LogP contribution in [0.25, 0.3) is 0 Å². The van der Waals surface area contributed by atoms with Crippen LogP contribution >= 0.6 is 0 Å². The molecule has 2 unspecified atom stereocenters. The van der Waals surface area contributed by atoms with Crippen LogP contribution in [0.3, 0.4) is 0 Å². The average Bonchev–Trinajstić information content (AvgIpc) is 2.14. The second-order valence-electron chi connectivity index (χ2n) is 6.06. The molecule has 1 rings (SSSR count). The third kappa shape index (κ3) is 5.03. The lowest BCUT2D eigenvalue weighted by molar-refractivity contribution is -0.128. The van der Waals surface area contributed by atoms with Gasteiger partial charge in [-0.25, -0.2) is 0 Å².